The van der Waals surface area contributed by atoms with Crippen LogP contribution in [-0.4, -0.2) is 28.5 Å². The summed E-state index contributed by atoms with van der Waals surface area (Å²) in [6.45, 7) is 0.432. The lowest BCUT2D eigenvalue weighted by molar-refractivity contribution is -0.110. The van der Waals surface area contributed by atoms with Gasteiger partial charge in [0.15, 0.2) is 11.2 Å². The largest absolute Gasteiger partial charge is 0.451 e. The number of para-hydroxylation sites is 1. The molecule has 1 unspecified atom stereocenters. The summed E-state index contributed by atoms with van der Waals surface area (Å²) in [5.41, 5.74) is 0.198. The van der Waals surface area contributed by atoms with Gasteiger partial charge in [0.1, 0.15) is 5.58 Å². The molecule has 2 aliphatic rings. The lowest BCUT2D eigenvalue weighted by Gasteiger charge is -2.52. The summed E-state index contributed by atoms with van der Waals surface area (Å²) in [6, 6.07) is 18.0. The highest BCUT2D eigenvalue weighted by Gasteiger charge is 2.50. The third-order valence-electron chi connectivity index (χ3n) is 6.86. The van der Waals surface area contributed by atoms with E-state index in [4.69, 9.17) is 4.42 Å². The Hall–Kier alpha value is -2.92. The molecule has 1 aliphatic carbocycles. The molecule has 154 valence electrons. The normalized spacial score (nSPS) is 26.4. The van der Waals surface area contributed by atoms with Crippen LogP contribution in [0, 0.1) is 5.92 Å². The van der Waals surface area contributed by atoms with E-state index in [2.05, 4.69) is 0 Å². The highest BCUT2D eigenvalue weighted by Crippen LogP contribution is 2.47. The number of likely N-dealkylation sites (tertiary alicyclic amines) is 1. The first-order valence-corrected chi connectivity index (χ1v) is 10.7. The summed E-state index contributed by atoms with van der Waals surface area (Å²) in [7, 11) is 0. The third-order valence-corrected chi connectivity index (χ3v) is 6.86. The summed E-state index contributed by atoms with van der Waals surface area (Å²) in [5.74, 6) is -0.212. The van der Waals surface area contributed by atoms with Crippen molar-refractivity contribution in [3.8, 4) is 0 Å². The standard InChI is InChI=1S/C25H25NO4/c27-21-16-23(30-22-13-7-4-10-18(21)22)24(28)26-15-14-25(29,17-8-2-1-3-9-17)19-11-5-6-12-20(19)26/h1-4,7-10,13,16,19-20,29H,5-6,11-12,14-15H2/t19-,20+,25?/m0/s1. The molecular formula is C25H25NO4. The first-order chi connectivity index (χ1) is 14.6. The Morgan fingerprint density at radius 2 is 1.77 bits per heavy atom. The Balaban J connectivity index is 1.50. The molecule has 2 heterocycles. The molecule has 0 radical (unpaired) electrons. The van der Waals surface area contributed by atoms with Crippen LogP contribution in [0.2, 0.25) is 0 Å². The highest BCUT2D eigenvalue weighted by molar-refractivity contribution is 5.93. The van der Waals surface area contributed by atoms with Gasteiger partial charge in [0.2, 0.25) is 0 Å². The maximum atomic E-state index is 13.4. The number of nitrogens with zero attached hydrogens (tertiary/aromatic N) is 1. The van der Waals surface area contributed by atoms with E-state index in [1.54, 1.807) is 24.3 Å². The Morgan fingerprint density at radius 1 is 1.03 bits per heavy atom. The van der Waals surface area contributed by atoms with E-state index in [0.717, 1.165) is 31.2 Å². The van der Waals surface area contributed by atoms with Crippen LogP contribution in [0.3, 0.4) is 0 Å². The number of piperidine rings is 1. The molecular weight excluding hydrogens is 378 g/mol. The topological polar surface area (TPSA) is 70.8 Å². The highest BCUT2D eigenvalue weighted by atomic mass is 16.3. The fraction of sp³-hybridized carbons (Fsp3) is 0.360. The summed E-state index contributed by atoms with van der Waals surface area (Å²) in [5, 5.41) is 12.2. The fourth-order valence-corrected chi connectivity index (χ4v) is 5.37. The number of fused-ring (bicyclic) bond motifs is 2. The van der Waals surface area contributed by atoms with E-state index in [1.165, 1.54) is 6.07 Å². The number of aliphatic hydroxyl groups is 1. The Morgan fingerprint density at radius 3 is 2.60 bits per heavy atom. The molecule has 3 atom stereocenters. The second-order valence-electron chi connectivity index (χ2n) is 8.47. The Labute approximate surface area is 174 Å². The molecule has 5 rings (SSSR count). The average molecular weight is 403 g/mol. The van der Waals surface area contributed by atoms with Gasteiger partial charge in [0.05, 0.1) is 11.0 Å². The summed E-state index contributed by atoms with van der Waals surface area (Å²) in [4.78, 5) is 27.7. The minimum atomic E-state index is -0.937. The van der Waals surface area contributed by atoms with Gasteiger partial charge >= 0.3 is 0 Å². The summed E-state index contributed by atoms with van der Waals surface area (Å²) < 4.78 is 5.82. The van der Waals surface area contributed by atoms with Crippen LogP contribution in [0.1, 0.15) is 48.2 Å². The molecule has 2 fully saturated rings. The van der Waals surface area contributed by atoms with Crippen LogP contribution in [-0.2, 0) is 5.60 Å². The molecule has 1 saturated heterocycles. The van der Waals surface area contributed by atoms with Gasteiger partial charge in [-0.1, -0.05) is 55.3 Å². The van der Waals surface area contributed by atoms with Gasteiger partial charge in [-0.15, -0.1) is 0 Å². The van der Waals surface area contributed by atoms with Crippen molar-refractivity contribution >= 4 is 16.9 Å². The molecule has 30 heavy (non-hydrogen) atoms. The molecule has 0 bridgehead atoms. The molecule has 5 nitrogen and oxygen atoms in total. The first-order valence-electron chi connectivity index (χ1n) is 10.7. The van der Waals surface area contributed by atoms with Gasteiger partial charge in [-0.25, -0.2) is 0 Å². The predicted molar refractivity (Wildman–Crippen MR) is 114 cm³/mol. The fourth-order valence-electron chi connectivity index (χ4n) is 5.37. The number of hydrogen-bond donors (Lipinski definition) is 1. The summed E-state index contributed by atoms with van der Waals surface area (Å²) >= 11 is 0. The van der Waals surface area contributed by atoms with E-state index < -0.39 is 5.60 Å². The van der Waals surface area contributed by atoms with Crippen LogP contribution in [0.5, 0.6) is 0 Å². The number of rotatable bonds is 2. The van der Waals surface area contributed by atoms with E-state index in [0.29, 0.717) is 23.9 Å². The molecule has 1 saturated carbocycles. The molecule has 5 heteroatoms. The third kappa shape index (κ3) is 3.05. The number of carbonyl (C=O) groups is 1. The zero-order valence-corrected chi connectivity index (χ0v) is 16.8. The van der Waals surface area contributed by atoms with Crippen molar-refractivity contribution in [3.05, 3.63) is 82.2 Å². The zero-order chi connectivity index (χ0) is 20.7. The van der Waals surface area contributed by atoms with Crippen molar-refractivity contribution in [2.24, 2.45) is 5.92 Å². The van der Waals surface area contributed by atoms with Crippen LogP contribution >= 0.6 is 0 Å². The lowest BCUT2D eigenvalue weighted by Crippen LogP contribution is -2.59. The van der Waals surface area contributed by atoms with Gasteiger partial charge in [0, 0.05) is 24.6 Å². The van der Waals surface area contributed by atoms with Crippen LogP contribution < -0.4 is 5.43 Å². The smallest absolute Gasteiger partial charge is 0.289 e. The molecule has 1 amide bonds. The molecule has 1 aliphatic heterocycles. The molecule has 1 aromatic heterocycles. The van der Waals surface area contributed by atoms with Crippen LogP contribution in [0.15, 0.2) is 69.9 Å². The number of carbonyl (C=O) groups excluding carboxylic acids is 1. The van der Waals surface area contributed by atoms with Crippen molar-refractivity contribution in [1.29, 1.82) is 0 Å². The minimum absolute atomic E-state index is 0.0291. The average Bonchev–Trinajstić information content (AvgIpc) is 2.80. The van der Waals surface area contributed by atoms with Crippen molar-refractivity contribution in [3.63, 3.8) is 0 Å². The second kappa shape index (κ2) is 7.40. The molecule has 3 aromatic rings. The first kappa shape index (κ1) is 19.1. The molecule has 2 aromatic carbocycles. The Kier molecular flexibility index (Phi) is 4.70. The quantitative estimate of drug-likeness (QED) is 0.700. The number of benzene rings is 2. The van der Waals surface area contributed by atoms with Gasteiger partial charge in [-0.2, -0.15) is 0 Å². The van der Waals surface area contributed by atoms with Crippen molar-refractivity contribution in [2.45, 2.75) is 43.7 Å². The maximum Gasteiger partial charge on any atom is 0.289 e. The second-order valence-corrected chi connectivity index (χ2v) is 8.47. The SMILES string of the molecule is O=C(c1cc(=O)c2ccccc2o1)N1CCC(O)(c2ccccc2)[C@H]2CCCC[C@H]21. The molecule has 0 spiro atoms. The van der Waals surface area contributed by atoms with Gasteiger partial charge in [-0.3, -0.25) is 9.59 Å². The van der Waals surface area contributed by atoms with E-state index in [1.807, 2.05) is 35.2 Å². The predicted octanol–water partition coefficient (Wildman–Crippen LogP) is 4.09. The van der Waals surface area contributed by atoms with E-state index >= 15 is 0 Å². The minimum Gasteiger partial charge on any atom is -0.451 e. The summed E-state index contributed by atoms with van der Waals surface area (Å²) in [6.07, 6.45) is 4.27. The van der Waals surface area contributed by atoms with Gasteiger partial charge < -0.3 is 14.4 Å². The number of amides is 1. The Bertz CT molecular complexity index is 1140. The van der Waals surface area contributed by atoms with Crippen molar-refractivity contribution in [2.75, 3.05) is 6.54 Å². The number of hydrogen-bond acceptors (Lipinski definition) is 4. The zero-order valence-electron chi connectivity index (χ0n) is 16.8. The van der Waals surface area contributed by atoms with E-state index in [-0.39, 0.29) is 29.1 Å². The van der Waals surface area contributed by atoms with Gasteiger partial charge in [-0.05, 0) is 37.0 Å². The van der Waals surface area contributed by atoms with Gasteiger partial charge in [0.25, 0.3) is 5.91 Å². The van der Waals surface area contributed by atoms with Crippen molar-refractivity contribution < 1.29 is 14.3 Å². The maximum absolute atomic E-state index is 13.4. The lowest BCUT2D eigenvalue weighted by atomic mass is 9.66. The molecule has 1 N–H and O–H groups in total. The van der Waals surface area contributed by atoms with Crippen molar-refractivity contribution in [1.82, 2.24) is 4.90 Å². The monoisotopic (exact) mass is 403 g/mol. The van der Waals surface area contributed by atoms with Crippen LogP contribution in [0.25, 0.3) is 11.0 Å². The van der Waals surface area contributed by atoms with E-state index in [9.17, 15) is 14.7 Å². The van der Waals surface area contributed by atoms with Crippen LogP contribution in [0.4, 0.5) is 0 Å².